The van der Waals surface area contributed by atoms with Gasteiger partial charge in [-0.25, -0.2) is 0 Å². The molecule has 0 bridgehead atoms. The molecule has 0 aliphatic heterocycles. The standard InChI is InChI=1S/C22H26N2O5/c1-22(2,15-29-14-16-6-4-3-5-7-16)21(28)24-18-10-8-17(9-11-18)20(27)23-13-12-19(25)26/h3-11H,12-15H2,1-2H3,(H,23,27)(H,24,28)(H,25,26). The molecule has 0 heterocycles. The van der Waals surface area contributed by atoms with E-state index < -0.39 is 11.4 Å². The lowest BCUT2D eigenvalue weighted by Crippen LogP contribution is -2.35. The Kier molecular flexibility index (Phi) is 7.91. The van der Waals surface area contributed by atoms with Crippen molar-refractivity contribution in [1.82, 2.24) is 5.32 Å². The van der Waals surface area contributed by atoms with Crippen molar-refractivity contribution < 1.29 is 24.2 Å². The molecule has 7 heteroatoms. The summed E-state index contributed by atoms with van der Waals surface area (Å²) < 4.78 is 5.69. The van der Waals surface area contributed by atoms with Crippen LogP contribution in [0.5, 0.6) is 0 Å². The number of rotatable bonds is 10. The fourth-order valence-corrected chi connectivity index (χ4v) is 2.45. The van der Waals surface area contributed by atoms with E-state index >= 15 is 0 Å². The van der Waals surface area contributed by atoms with Crippen LogP contribution in [0.2, 0.25) is 0 Å². The maximum absolute atomic E-state index is 12.6. The van der Waals surface area contributed by atoms with Crippen LogP contribution in [-0.4, -0.2) is 36.0 Å². The van der Waals surface area contributed by atoms with Crippen molar-refractivity contribution in [3.63, 3.8) is 0 Å². The Morgan fingerprint density at radius 3 is 2.28 bits per heavy atom. The molecule has 0 fully saturated rings. The van der Waals surface area contributed by atoms with Crippen molar-refractivity contribution in [1.29, 1.82) is 0 Å². The number of nitrogens with one attached hydrogen (secondary N) is 2. The number of benzene rings is 2. The molecule has 2 aromatic rings. The summed E-state index contributed by atoms with van der Waals surface area (Å²) >= 11 is 0. The second-order valence-electron chi connectivity index (χ2n) is 7.29. The zero-order valence-corrected chi connectivity index (χ0v) is 16.6. The van der Waals surface area contributed by atoms with E-state index in [1.165, 1.54) is 0 Å². The van der Waals surface area contributed by atoms with Gasteiger partial charge in [-0.3, -0.25) is 14.4 Å². The van der Waals surface area contributed by atoms with Crippen LogP contribution >= 0.6 is 0 Å². The number of hydrogen-bond acceptors (Lipinski definition) is 4. The molecule has 2 rings (SSSR count). The molecular weight excluding hydrogens is 372 g/mol. The van der Waals surface area contributed by atoms with Gasteiger partial charge in [0.2, 0.25) is 5.91 Å². The summed E-state index contributed by atoms with van der Waals surface area (Å²) in [6, 6.07) is 16.1. The highest BCUT2D eigenvalue weighted by Crippen LogP contribution is 2.20. The quantitative estimate of drug-likeness (QED) is 0.570. The molecular formula is C22H26N2O5. The Morgan fingerprint density at radius 1 is 1.00 bits per heavy atom. The molecule has 0 radical (unpaired) electrons. The van der Waals surface area contributed by atoms with Gasteiger partial charge in [0.05, 0.1) is 25.0 Å². The van der Waals surface area contributed by atoms with E-state index in [0.717, 1.165) is 5.56 Å². The summed E-state index contributed by atoms with van der Waals surface area (Å²) in [5, 5.41) is 13.9. The number of aliphatic carboxylic acids is 1. The molecule has 0 saturated carbocycles. The first kappa shape index (κ1) is 22.1. The first-order chi connectivity index (χ1) is 13.8. The summed E-state index contributed by atoms with van der Waals surface area (Å²) in [5.41, 5.74) is 1.26. The molecule has 2 amide bonds. The summed E-state index contributed by atoms with van der Waals surface area (Å²) in [6.45, 7) is 4.36. The maximum Gasteiger partial charge on any atom is 0.305 e. The van der Waals surface area contributed by atoms with Crippen LogP contribution in [0, 0.1) is 5.41 Å². The molecule has 7 nitrogen and oxygen atoms in total. The molecule has 0 aromatic heterocycles. The van der Waals surface area contributed by atoms with Gasteiger partial charge in [0.15, 0.2) is 0 Å². The summed E-state index contributed by atoms with van der Waals surface area (Å²) in [7, 11) is 0. The highest BCUT2D eigenvalue weighted by atomic mass is 16.5. The Balaban J connectivity index is 1.83. The van der Waals surface area contributed by atoms with Crippen molar-refractivity contribution in [2.75, 3.05) is 18.5 Å². The van der Waals surface area contributed by atoms with E-state index in [2.05, 4.69) is 10.6 Å². The lowest BCUT2D eigenvalue weighted by molar-refractivity contribution is -0.136. The molecule has 2 aromatic carbocycles. The SMILES string of the molecule is CC(C)(COCc1ccccc1)C(=O)Nc1ccc(C(=O)NCCC(=O)O)cc1. The smallest absolute Gasteiger partial charge is 0.305 e. The fourth-order valence-electron chi connectivity index (χ4n) is 2.45. The Labute approximate surface area is 170 Å². The van der Waals surface area contributed by atoms with Gasteiger partial charge in [-0.05, 0) is 43.7 Å². The first-order valence-corrected chi connectivity index (χ1v) is 9.31. The minimum absolute atomic E-state index is 0.0594. The zero-order valence-electron chi connectivity index (χ0n) is 16.6. The highest BCUT2D eigenvalue weighted by Gasteiger charge is 2.28. The predicted octanol–water partition coefficient (Wildman–Crippen LogP) is 3.07. The molecule has 0 aliphatic rings. The molecule has 0 unspecified atom stereocenters. The van der Waals surface area contributed by atoms with Crippen LogP contribution in [-0.2, 0) is 20.9 Å². The van der Waals surface area contributed by atoms with Crippen LogP contribution in [0.4, 0.5) is 5.69 Å². The third kappa shape index (κ3) is 7.38. The average Bonchev–Trinajstić information content (AvgIpc) is 2.69. The number of carboxylic acids is 1. The van der Waals surface area contributed by atoms with E-state index in [-0.39, 0.29) is 31.4 Å². The molecule has 3 N–H and O–H groups in total. The van der Waals surface area contributed by atoms with Gasteiger partial charge >= 0.3 is 5.97 Å². The van der Waals surface area contributed by atoms with Gasteiger partial charge in [0.1, 0.15) is 0 Å². The normalized spacial score (nSPS) is 11.0. The molecule has 154 valence electrons. The summed E-state index contributed by atoms with van der Waals surface area (Å²) in [6.07, 6.45) is -0.138. The third-order valence-electron chi connectivity index (χ3n) is 4.22. The van der Waals surface area contributed by atoms with Gasteiger partial charge in [-0.15, -0.1) is 0 Å². The minimum Gasteiger partial charge on any atom is -0.481 e. The van der Waals surface area contributed by atoms with Crippen molar-refractivity contribution in [2.45, 2.75) is 26.9 Å². The second-order valence-corrected chi connectivity index (χ2v) is 7.29. The Hall–Kier alpha value is -3.19. The number of carbonyl (C=O) groups excluding carboxylic acids is 2. The van der Waals surface area contributed by atoms with E-state index in [9.17, 15) is 14.4 Å². The van der Waals surface area contributed by atoms with Crippen LogP contribution in [0.15, 0.2) is 54.6 Å². The average molecular weight is 398 g/mol. The van der Waals surface area contributed by atoms with Crippen LogP contribution < -0.4 is 10.6 Å². The van der Waals surface area contributed by atoms with E-state index in [4.69, 9.17) is 9.84 Å². The topological polar surface area (TPSA) is 105 Å². The lowest BCUT2D eigenvalue weighted by Gasteiger charge is -2.23. The van der Waals surface area contributed by atoms with E-state index in [1.807, 2.05) is 30.3 Å². The van der Waals surface area contributed by atoms with Crippen molar-refractivity contribution in [3.05, 3.63) is 65.7 Å². The number of ether oxygens (including phenoxy) is 1. The Morgan fingerprint density at radius 2 is 1.66 bits per heavy atom. The molecule has 0 saturated heterocycles. The highest BCUT2D eigenvalue weighted by molar-refractivity contribution is 5.97. The van der Waals surface area contributed by atoms with Crippen LogP contribution in [0.25, 0.3) is 0 Å². The number of anilines is 1. The van der Waals surface area contributed by atoms with Crippen molar-refractivity contribution in [2.24, 2.45) is 5.41 Å². The third-order valence-corrected chi connectivity index (χ3v) is 4.22. The van der Waals surface area contributed by atoms with Gasteiger partial charge < -0.3 is 20.5 Å². The fraction of sp³-hybridized carbons (Fsp3) is 0.318. The molecule has 29 heavy (non-hydrogen) atoms. The van der Waals surface area contributed by atoms with Gasteiger partial charge in [-0.1, -0.05) is 30.3 Å². The van der Waals surface area contributed by atoms with Gasteiger partial charge in [0, 0.05) is 17.8 Å². The zero-order chi connectivity index (χ0) is 21.3. The first-order valence-electron chi connectivity index (χ1n) is 9.31. The van der Waals surface area contributed by atoms with Crippen molar-refractivity contribution >= 4 is 23.5 Å². The molecule has 0 aliphatic carbocycles. The number of hydrogen-bond donors (Lipinski definition) is 3. The summed E-state index contributed by atoms with van der Waals surface area (Å²) in [5.74, 6) is -1.53. The number of carboxylic acid groups (broad SMARTS) is 1. The molecule has 0 spiro atoms. The van der Waals surface area contributed by atoms with E-state index in [1.54, 1.807) is 38.1 Å². The lowest BCUT2D eigenvalue weighted by atomic mass is 9.93. The van der Waals surface area contributed by atoms with Gasteiger partial charge in [0.25, 0.3) is 5.91 Å². The molecule has 0 atom stereocenters. The summed E-state index contributed by atoms with van der Waals surface area (Å²) in [4.78, 5) is 35.0. The van der Waals surface area contributed by atoms with Crippen LogP contribution in [0.1, 0.15) is 36.2 Å². The number of carbonyl (C=O) groups is 3. The maximum atomic E-state index is 12.6. The Bertz CT molecular complexity index is 832. The van der Waals surface area contributed by atoms with E-state index in [0.29, 0.717) is 17.9 Å². The van der Waals surface area contributed by atoms with Crippen molar-refractivity contribution in [3.8, 4) is 0 Å². The number of amides is 2. The largest absolute Gasteiger partial charge is 0.481 e. The van der Waals surface area contributed by atoms with Gasteiger partial charge in [-0.2, -0.15) is 0 Å². The second kappa shape index (κ2) is 10.4. The predicted molar refractivity (Wildman–Crippen MR) is 110 cm³/mol. The monoisotopic (exact) mass is 398 g/mol. The minimum atomic E-state index is -0.973. The van der Waals surface area contributed by atoms with Crippen LogP contribution in [0.3, 0.4) is 0 Å².